The highest BCUT2D eigenvalue weighted by Gasteiger charge is 2.36. The SMILES string of the molecule is Cc1nc(C(=O)NCC(C)Oc2no[n+]([O-])c2S(=O)(=O)c2ccccc2)cc2c1[nH]c1ccccc12. The number of fused-ring (bicyclic) bond motifs is 3. The standard InChI is InChI=1S/C24H21N5O6S/c1-14(34-23-24(29(31)35-28-23)36(32,33)16-8-4-3-5-9-16)13-25-22(30)20-12-18-17-10-6-7-11-19(17)27-21(18)15(2)26-20/h3-12,14,27H,13H2,1-2H3,(H,25,30). The zero-order valence-corrected chi connectivity index (χ0v) is 20.1. The van der Waals surface area contributed by atoms with Gasteiger partial charge in [-0.25, -0.2) is 13.4 Å². The summed E-state index contributed by atoms with van der Waals surface area (Å²) < 4.78 is 35.8. The summed E-state index contributed by atoms with van der Waals surface area (Å²) in [4.78, 5) is 20.2. The number of aromatic nitrogens is 4. The monoisotopic (exact) mass is 507 g/mol. The maximum atomic E-state index is 12.9. The van der Waals surface area contributed by atoms with Crippen LogP contribution < -0.4 is 15.0 Å². The Morgan fingerprint density at radius 1 is 1.17 bits per heavy atom. The number of nitrogens with zero attached hydrogens (tertiary/aromatic N) is 3. The van der Waals surface area contributed by atoms with Crippen LogP contribution in [0.1, 0.15) is 23.1 Å². The Balaban J connectivity index is 1.32. The molecule has 0 aliphatic rings. The fourth-order valence-electron chi connectivity index (χ4n) is 3.90. The molecule has 2 aromatic carbocycles. The fourth-order valence-corrected chi connectivity index (χ4v) is 5.19. The lowest BCUT2D eigenvalue weighted by Crippen LogP contribution is -2.35. The molecule has 5 rings (SSSR count). The van der Waals surface area contributed by atoms with Crippen molar-refractivity contribution < 1.29 is 27.5 Å². The van der Waals surface area contributed by atoms with Gasteiger partial charge in [-0.15, -0.1) is 0 Å². The van der Waals surface area contributed by atoms with Gasteiger partial charge < -0.3 is 20.2 Å². The molecule has 0 saturated heterocycles. The molecule has 0 saturated carbocycles. The van der Waals surface area contributed by atoms with Crippen LogP contribution in [-0.2, 0) is 9.84 Å². The molecule has 1 atom stereocenters. The van der Waals surface area contributed by atoms with Crippen molar-refractivity contribution in [2.45, 2.75) is 29.9 Å². The number of ether oxygens (including phenoxy) is 1. The van der Waals surface area contributed by atoms with Crippen molar-refractivity contribution in [1.29, 1.82) is 0 Å². The van der Waals surface area contributed by atoms with E-state index in [1.54, 1.807) is 19.1 Å². The van der Waals surface area contributed by atoms with Crippen LogP contribution in [0.15, 0.2) is 75.2 Å². The predicted octanol–water partition coefficient (Wildman–Crippen LogP) is 2.68. The minimum absolute atomic E-state index is 0.0119. The number of sulfone groups is 1. The van der Waals surface area contributed by atoms with Crippen LogP contribution in [0, 0.1) is 12.1 Å². The number of H-pyrrole nitrogens is 1. The molecule has 2 N–H and O–H groups in total. The Bertz CT molecular complexity index is 1690. The number of hydrogen-bond donors (Lipinski definition) is 2. The van der Waals surface area contributed by atoms with Crippen molar-refractivity contribution in [3.63, 3.8) is 0 Å². The van der Waals surface area contributed by atoms with Gasteiger partial charge in [0.05, 0.1) is 27.8 Å². The Hall–Kier alpha value is -4.45. The van der Waals surface area contributed by atoms with Gasteiger partial charge in [-0.3, -0.25) is 9.42 Å². The van der Waals surface area contributed by atoms with Gasteiger partial charge in [0.25, 0.3) is 15.7 Å². The Labute approximate surface area is 205 Å². The van der Waals surface area contributed by atoms with Gasteiger partial charge in [-0.05, 0) is 43.0 Å². The molecule has 3 aromatic heterocycles. The number of nitrogens with one attached hydrogen (secondary N) is 2. The molecular formula is C24H21N5O6S. The Morgan fingerprint density at radius 2 is 1.89 bits per heavy atom. The van der Waals surface area contributed by atoms with Crippen LogP contribution in [-0.4, -0.2) is 42.1 Å². The summed E-state index contributed by atoms with van der Waals surface area (Å²) in [7, 11) is -4.25. The lowest BCUT2D eigenvalue weighted by Gasteiger charge is -2.12. The Morgan fingerprint density at radius 3 is 2.67 bits per heavy atom. The minimum atomic E-state index is -4.25. The smallest absolute Gasteiger partial charge is 0.415 e. The molecule has 0 radical (unpaired) electrons. The second-order valence-corrected chi connectivity index (χ2v) is 10.0. The first-order valence-electron chi connectivity index (χ1n) is 11.0. The van der Waals surface area contributed by atoms with Crippen LogP contribution in [0.5, 0.6) is 5.88 Å². The predicted molar refractivity (Wildman–Crippen MR) is 128 cm³/mol. The van der Waals surface area contributed by atoms with Gasteiger partial charge in [0.1, 0.15) is 11.8 Å². The third-order valence-corrected chi connectivity index (χ3v) is 7.35. The first kappa shape index (κ1) is 23.3. The van der Waals surface area contributed by atoms with Crippen molar-refractivity contribution in [1.82, 2.24) is 20.4 Å². The maximum absolute atomic E-state index is 12.9. The molecule has 1 unspecified atom stereocenters. The molecular weight excluding hydrogens is 486 g/mol. The molecule has 1 amide bonds. The fraction of sp³-hybridized carbons (Fsp3) is 0.167. The summed E-state index contributed by atoms with van der Waals surface area (Å²) in [6.07, 6.45) is -0.748. The number of carbonyl (C=O) groups excluding carboxylic acids is 1. The highest BCUT2D eigenvalue weighted by atomic mass is 32.2. The van der Waals surface area contributed by atoms with E-state index in [0.717, 1.165) is 21.8 Å². The number of rotatable bonds is 7. The summed E-state index contributed by atoms with van der Waals surface area (Å²) in [6.45, 7) is 3.39. The number of carbonyl (C=O) groups is 1. The first-order chi connectivity index (χ1) is 17.3. The van der Waals surface area contributed by atoms with Crippen molar-refractivity contribution in [2.24, 2.45) is 0 Å². The van der Waals surface area contributed by atoms with E-state index in [0.29, 0.717) is 5.69 Å². The molecule has 0 aliphatic carbocycles. The van der Waals surface area contributed by atoms with Gasteiger partial charge >= 0.3 is 10.9 Å². The number of aryl methyl sites for hydroxylation is 1. The lowest BCUT2D eigenvalue weighted by atomic mass is 10.1. The number of pyridine rings is 1. The Kier molecular flexibility index (Phi) is 5.80. The molecule has 11 nitrogen and oxygen atoms in total. The maximum Gasteiger partial charge on any atom is 0.415 e. The average molecular weight is 508 g/mol. The van der Waals surface area contributed by atoms with E-state index >= 15 is 0 Å². The topological polar surface area (TPSA) is 154 Å². The zero-order chi connectivity index (χ0) is 25.4. The molecule has 0 spiro atoms. The van der Waals surface area contributed by atoms with Crippen molar-refractivity contribution in [3.8, 4) is 5.88 Å². The van der Waals surface area contributed by atoms with Crippen molar-refractivity contribution in [2.75, 3.05) is 6.54 Å². The van der Waals surface area contributed by atoms with Gasteiger partial charge in [0.2, 0.25) is 0 Å². The normalized spacial score (nSPS) is 12.6. The summed E-state index contributed by atoms with van der Waals surface area (Å²) in [5, 5.41) is 19.3. The second-order valence-electron chi connectivity index (χ2n) is 8.18. The lowest BCUT2D eigenvalue weighted by molar-refractivity contribution is -0.832. The van der Waals surface area contributed by atoms with Gasteiger partial charge in [-0.1, -0.05) is 36.4 Å². The van der Waals surface area contributed by atoms with E-state index < -0.39 is 32.8 Å². The third kappa shape index (κ3) is 4.11. The highest BCUT2D eigenvalue weighted by molar-refractivity contribution is 7.91. The van der Waals surface area contributed by atoms with Gasteiger partial charge in [-0.2, -0.15) is 0 Å². The number of para-hydroxylation sites is 1. The highest BCUT2D eigenvalue weighted by Crippen LogP contribution is 2.28. The second kappa shape index (κ2) is 8.96. The van der Waals surface area contributed by atoms with E-state index in [1.165, 1.54) is 24.3 Å². The molecule has 3 heterocycles. The van der Waals surface area contributed by atoms with E-state index in [4.69, 9.17) is 4.74 Å². The van der Waals surface area contributed by atoms with E-state index in [2.05, 4.69) is 25.1 Å². The molecule has 0 fully saturated rings. The van der Waals surface area contributed by atoms with E-state index in [9.17, 15) is 18.4 Å². The van der Waals surface area contributed by atoms with E-state index in [1.807, 2.05) is 31.2 Å². The molecule has 36 heavy (non-hydrogen) atoms. The number of aromatic amines is 1. The quantitative estimate of drug-likeness (QED) is 0.319. The molecule has 0 bridgehead atoms. The summed E-state index contributed by atoms with van der Waals surface area (Å²) in [5.74, 6) is -0.929. The van der Waals surface area contributed by atoms with Crippen LogP contribution in [0.3, 0.4) is 0 Å². The molecule has 0 aliphatic heterocycles. The van der Waals surface area contributed by atoms with E-state index in [-0.39, 0.29) is 22.0 Å². The summed E-state index contributed by atoms with van der Waals surface area (Å²) in [6, 6.07) is 16.9. The number of hydrogen-bond acceptors (Lipinski definition) is 8. The first-order valence-corrected chi connectivity index (χ1v) is 12.5. The largest absolute Gasteiger partial charge is 0.450 e. The van der Waals surface area contributed by atoms with Crippen molar-refractivity contribution >= 4 is 37.6 Å². The summed E-state index contributed by atoms with van der Waals surface area (Å²) >= 11 is 0. The van der Waals surface area contributed by atoms with Crippen LogP contribution >= 0.6 is 0 Å². The average Bonchev–Trinajstić information content (AvgIpc) is 3.44. The molecule has 5 aromatic rings. The number of benzene rings is 2. The van der Waals surface area contributed by atoms with Crippen LogP contribution in [0.25, 0.3) is 21.8 Å². The van der Waals surface area contributed by atoms with Crippen LogP contribution in [0.4, 0.5) is 0 Å². The third-order valence-electron chi connectivity index (χ3n) is 5.63. The van der Waals surface area contributed by atoms with Crippen LogP contribution in [0.2, 0.25) is 0 Å². The zero-order valence-electron chi connectivity index (χ0n) is 19.3. The summed E-state index contributed by atoms with van der Waals surface area (Å²) in [5.41, 5.74) is 2.70. The van der Waals surface area contributed by atoms with Crippen molar-refractivity contribution in [3.05, 3.63) is 77.3 Å². The number of amides is 1. The van der Waals surface area contributed by atoms with Gasteiger partial charge in [0.15, 0.2) is 0 Å². The molecule has 184 valence electrons. The van der Waals surface area contributed by atoms with Gasteiger partial charge in [0, 0.05) is 16.3 Å². The molecule has 12 heteroatoms. The minimum Gasteiger partial charge on any atom is -0.450 e.